The number of nitrogens with one attached hydrogen (secondary N) is 1. The minimum absolute atomic E-state index is 0.0287. The van der Waals surface area contributed by atoms with Crippen LogP contribution in [0.4, 0.5) is 19.1 Å². The zero-order valence-electron chi connectivity index (χ0n) is 21.6. The van der Waals surface area contributed by atoms with Crippen LogP contribution in [-0.4, -0.2) is 85.5 Å². The molecule has 4 unspecified atom stereocenters. The molecule has 1 saturated carbocycles. The molecule has 1 amide bonds. The van der Waals surface area contributed by atoms with E-state index in [1.807, 2.05) is 4.90 Å². The van der Waals surface area contributed by atoms with Gasteiger partial charge in [-0.1, -0.05) is 26.7 Å². The Morgan fingerprint density at radius 1 is 1.19 bits per heavy atom. The highest BCUT2D eigenvalue weighted by Crippen LogP contribution is 2.30. The van der Waals surface area contributed by atoms with Crippen molar-refractivity contribution in [2.45, 2.75) is 76.7 Å². The highest BCUT2D eigenvalue weighted by atomic mass is 19.4. The second kappa shape index (κ2) is 13.5. The first-order valence-corrected chi connectivity index (χ1v) is 13.1. The molecule has 1 N–H and O–H groups in total. The largest absolute Gasteiger partial charge is 0.433 e. The van der Waals surface area contributed by atoms with E-state index in [9.17, 15) is 18.0 Å². The molecule has 3 heterocycles. The summed E-state index contributed by atoms with van der Waals surface area (Å²) < 4.78 is 49.9. The van der Waals surface area contributed by atoms with Gasteiger partial charge in [0.05, 0.1) is 12.7 Å². The molecule has 4 atom stereocenters. The summed E-state index contributed by atoms with van der Waals surface area (Å²) in [7, 11) is 1.70. The molecule has 11 heteroatoms. The summed E-state index contributed by atoms with van der Waals surface area (Å²) in [6, 6.07) is 1.37. The molecule has 3 fully saturated rings. The molecule has 1 aliphatic carbocycles. The van der Waals surface area contributed by atoms with E-state index >= 15 is 0 Å². The van der Waals surface area contributed by atoms with Crippen LogP contribution in [-0.2, 0) is 20.4 Å². The van der Waals surface area contributed by atoms with E-state index in [2.05, 4.69) is 29.1 Å². The molecule has 36 heavy (non-hydrogen) atoms. The molecule has 1 aromatic heterocycles. The van der Waals surface area contributed by atoms with Crippen LogP contribution in [0.1, 0.15) is 58.1 Å². The number of halogens is 3. The Bertz CT molecular complexity index is 820. The molecule has 0 spiro atoms. The van der Waals surface area contributed by atoms with E-state index in [0.29, 0.717) is 39.4 Å². The quantitative estimate of drug-likeness (QED) is 0.643. The number of amides is 1. The van der Waals surface area contributed by atoms with Crippen molar-refractivity contribution in [1.29, 1.82) is 0 Å². The van der Waals surface area contributed by atoms with Gasteiger partial charge >= 0.3 is 6.18 Å². The standard InChI is InChI=1S/C22H32F3N5O3.C3H8/c1-32-18-14-33-12-6-17(18)27-16-4-2-3-15(13-16)20(31)29-8-10-30(11-9-29)21-26-7-5-19(28-21)22(23,24)25;1-3-2/h5,7,15-18,27H,2-4,6,8-14H2,1H3;3H2,1-2H3. The SMILES string of the molecule is CCC.COC1COCCC1NC1CCCC(C(=O)N2CCN(c3nccc(C(F)(F)F)n3)CC2)C1. The van der Waals surface area contributed by atoms with Crippen molar-refractivity contribution in [3.8, 4) is 0 Å². The van der Waals surface area contributed by atoms with Crippen molar-refractivity contribution >= 4 is 11.9 Å². The zero-order chi connectivity index (χ0) is 26.1. The zero-order valence-corrected chi connectivity index (χ0v) is 21.6. The Hall–Kier alpha value is -1.98. The van der Waals surface area contributed by atoms with Crippen LogP contribution in [0.15, 0.2) is 12.3 Å². The van der Waals surface area contributed by atoms with Gasteiger partial charge in [-0.2, -0.15) is 13.2 Å². The number of rotatable bonds is 5. The minimum atomic E-state index is -4.51. The average Bonchev–Trinajstić information content (AvgIpc) is 2.89. The lowest BCUT2D eigenvalue weighted by molar-refractivity contribution is -0.141. The summed E-state index contributed by atoms with van der Waals surface area (Å²) in [4.78, 5) is 24.4. The Labute approximate surface area is 211 Å². The number of ether oxygens (including phenoxy) is 2. The van der Waals surface area contributed by atoms with E-state index in [4.69, 9.17) is 9.47 Å². The number of hydrogen-bond donors (Lipinski definition) is 1. The van der Waals surface area contributed by atoms with Crippen molar-refractivity contribution in [3.05, 3.63) is 18.0 Å². The maximum Gasteiger partial charge on any atom is 0.433 e. The molecular formula is C25H40F3N5O3. The maximum atomic E-state index is 13.2. The van der Waals surface area contributed by atoms with E-state index in [0.717, 1.165) is 44.4 Å². The monoisotopic (exact) mass is 515 g/mol. The lowest BCUT2D eigenvalue weighted by Crippen LogP contribution is -2.54. The minimum Gasteiger partial charge on any atom is -0.379 e. The number of aromatic nitrogens is 2. The number of anilines is 1. The molecule has 2 aliphatic heterocycles. The highest BCUT2D eigenvalue weighted by molar-refractivity contribution is 5.79. The Balaban J connectivity index is 0.00000115. The molecule has 3 aliphatic rings. The topological polar surface area (TPSA) is 79.8 Å². The Morgan fingerprint density at radius 3 is 2.58 bits per heavy atom. The van der Waals surface area contributed by atoms with Crippen LogP contribution in [0.3, 0.4) is 0 Å². The summed E-state index contributed by atoms with van der Waals surface area (Å²) in [6.45, 7) is 7.30. The number of carbonyl (C=O) groups is 1. The van der Waals surface area contributed by atoms with Crippen molar-refractivity contribution in [3.63, 3.8) is 0 Å². The van der Waals surface area contributed by atoms with Crippen LogP contribution >= 0.6 is 0 Å². The van der Waals surface area contributed by atoms with Gasteiger partial charge in [-0.25, -0.2) is 9.97 Å². The fourth-order valence-electron chi connectivity index (χ4n) is 5.05. The lowest BCUT2D eigenvalue weighted by Gasteiger charge is -2.40. The fourth-order valence-corrected chi connectivity index (χ4v) is 5.05. The fraction of sp³-hybridized carbons (Fsp3) is 0.800. The number of carbonyl (C=O) groups excluding carboxylic acids is 1. The summed E-state index contributed by atoms with van der Waals surface area (Å²) >= 11 is 0. The Morgan fingerprint density at radius 2 is 1.92 bits per heavy atom. The predicted octanol–water partition coefficient (Wildman–Crippen LogP) is 3.51. The van der Waals surface area contributed by atoms with Gasteiger partial charge in [-0.05, 0) is 31.7 Å². The summed E-state index contributed by atoms with van der Waals surface area (Å²) in [5.41, 5.74) is -0.952. The van der Waals surface area contributed by atoms with Gasteiger partial charge in [0.1, 0.15) is 5.69 Å². The summed E-state index contributed by atoms with van der Waals surface area (Å²) in [6.07, 6.45) is 2.50. The van der Waals surface area contributed by atoms with Gasteiger partial charge in [-0.15, -0.1) is 0 Å². The Kier molecular flexibility index (Phi) is 10.7. The van der Waals surface area contributed by atoms with Gasteiger partial charge in [-0.3, -0.25) is 4.79 Å². The molecule has 0 bridgehead atoms. The van der Waals surface area contributed by atoms with Gasteiger partial charge in [0.2, 0.25) is 11.9 Å². The first kappa shape index (κ1) is 28.6. The number of hydrogen-bond acceptors (Lipinski definition) is 7. The second-order valence-electron chi connectivity index (χ2n) is 9.73. The smallest absolute Gasteiger partial charge is 0.379 e. The summed E-state index contributed by atoms with van der Waals surface area (Å²) in [5, 5.41) is 3.70. The summed E-state index contributed by atoms with van der Waals surface area (Å²) in [5.74, 6) is 0.165. The van der Waals surface area contributed by atoms with Gasteiger partial charge < -0.3 is 24.6 Å². The number of methoxy groups -OCH3 is 1. The number of nitrogens with zero attached hydrogens (tertiary/aromatic N) is 4. The molecule has 0 radical (unpaired) electrons. The maximum absolute atomic E-state index is 13.2. The molecular weight excluding hydrogens is 475 g/mol. The third-order valence-corrected chi connectivity index (χ3v) is 6.89. The van der Waals surface area contributed by atoms with Crippen LogP contribution < -0.4 is 10.2 Å². The molecule has 4 rings (SSSR count). The van der Waals surface area contributed by atoms with Crippen molar-refractivity contribution in [1.82, 2.24) is 20.2 Å². The molecule has 0 aromatic carbocycles. The molecule has 1 aromatic rings. The van der Waals surface area contributed by atoms with Gasteiger partial charge in [0.15, 0.2) is 0 Å². The van der Waals surface area contributed by atoms with E-state index in [1.165, 1.54) is 6.42 Å². The van der Waals surface area contributed by atoms with Gasteiger partial charge in [0.25, 0.3) is 0 Å². The number of piperazine rings is 1. The van der Waals surface area contributed by atoms with E-state index in [-0.39, 0.29) is 36.0 Å². The van der Waals surface area contributed by atoms with Crippen molar-refractivity contribution in [2.24, 2.45) is 5.92 Å². The predicted molar refractivity (Wildman–Crippen MR) is 131 cm³/mol. The average molecular weight is 516 g/mol. The number of alkyl halides is 3. The normalized spacial score (nSPS) is 27.3. The van der Waals surface area contributed by atoms with Crippen molar-refractivity contribution < 1.29 is 27.4 Å². The third kappa shape index (κ3) is 7.76. The molecule has 204 valence electrons. The van der Waals surface area contributed by atoms with Crippen molar-refractivity contribution in [2.75, 3.05) is 51.4 Å². The molecule has 2 saturated heterocycles. The van der Waals surface area contributed by atoms with Crippen LogP contribution in [0, 0.1) is 5.92 Å². The molecule has 8 nitrogen and oxygen atoms in total. The third-order valence-electron chi connectivity index (χ3n) is 6.89. The first-order valence-electron chi connectivity index (χ1n) is 13.1. The van der Waals surface area contributed by atoms with Crippen LogP contribution in [0.2, 0.25) is 0 Å². The van der Waals surface area contributed by atoms with E-state index < -0.39 is 11.9 Å². The van der Waals surface area contributed by atoms with Gasteiger partial charge in [0, 0.05) is 64.1 Å². The second-order valence-corrected chi connectivity index (χ2v) is 9.73. The van der Waals surface area contributed by atoms with Crippen LogP contribution in [0.25, 0.3) is 0 Å². The van der Waals surface area contributed by atoms with E-state index in [1.54, 1.807) is 12.0 Å². The van der Waals surface area contributed by atoms with Crippen LogP contribution in [0.5, 0.6) is 0 Å². The lowest BCUT2D eigenvalue weighted by atomic mass is 9.84. The first-order chi connectivity index (χ1) is 17.3. The highest BCUT2D eigenvalue weighted by Gasteiger charge is 2.36.